The first-order chi connectivity index (χ1) is 16.2. The molecule has 0 bridgehead atoms. The van der Waals surface area contributed by atoms with Crippen molar-refractivity contribution in [3.63, 3.8) is 0 Å². The Morgan fingerprint density at radius 2 is 1.74 bits per heavy atom. The normalized spacial score (nSPS) is 17.5. The molecule has 0 radical (unpaired) electrons. The third-order valence-corrected chi connectivity index (χ3v) is 8.30. The number of amides is 3. The molecule has 2 aliphatic rings. The number of nitrogens with one attached hydrogen (secondary N) is 2. The van der Waals surface area contributed by atoms with E-state index in [0.29, 0.717) is 24.5 Å². The van der Waals surface area contributed by atoms with Crippen LogP contribution in [0.15, 0.2) is 47.4 Å². The van der Waals surface area contributed by atoms with E-state index in [1.807, 2.05) is 19.1 Å². The number of carbonyl (C=O) groups is 2. The Bertz CT molecular complexity index is 1160. The third kappa shape index (κ3) is 5.73. The standard InChI is InChI=1S/C25H30ClN3O4S/c1-17(18-7-10-21(26)11-8-18)24(30)29-14-13-19-9-12-23(15-20(19)16-29)34(32,33)28-25(31)27-22-5-3-2-4-6-22/h7-12,15,17,22H,2-6,13-14,16H2,1H3,(H2,27,28,31). The zero-order valence-corrected chi connectivity index (χ0v) is 20.8. The summed E-state index contributed by atoms with van der Waals surface area (Å²) in [4.78, 5) is 27.2. The summed E-state index contributed by atoms with van der Waals surface area (Å²) in [6, 6.07) is 11.4. The Hall–Kier alpha value is -2.58. The maximum atomic E-state index is 13.1. The smallest absolute Gasteiger partial charge is 0.328 e. The predicted octanol–water partition coefficient (Wildman–Crippen LogP) is 4.35. The number of fused-ring (bicyclic) bond motifs is 1. The molecule has 4 rings (SSSR count). The molecule has 0 aromatic heterocycles. The SMILES string of the molecule is CC(C(=O)N1CCc2ccc(S(=O)(=O)NC(=O)NC3CCCCC3)cc2C1)c1ccc(Cl)cc1. The van der Waals surface area contributed by atoms with E-state index in [2.05, 4.69) is 10.0 Å². The monoisotopic (exact) mass is 503 g/mol. The molecule has 3 amide bonds. The maximum absolute atomic E-state index is 13.1. The summed E-state index contributed by atoms with van der Waals surface area (Å²) in [6.45, 7) is 2.75. The highest BCUT2D eigenvalue weighted by Crippen LogP contribution is 2.27. The molecule has 1 fully saturated rings. The second-order valence-corrected chi connectivity index (χ2v) is 11.2. The van der Waals surface area contributed by atoms with Crippen molar-refractivity contribution in [2.75, 3.05) is 6.54 Å². The van der Waals surface area contributed by atoms with Crippen LogP contribution in [0, 0.1) is 0 Å². The van der Waals surface area contributed by atoms with Crippen LogP contribution < -0.4 is 10.0 Å². The highest BCUT2D eigenvalue weighted by molar-refractivity contribution is 7.90. The van der Waals surface area contributed by atoms with Crippen LogP contribution in [-0.4, -0.2) is 37.8 Å². The van der Waals surface area contributed by atoms with Crippen LogP contribution in [0.2, 0.25) is 5.02 Å². The molecular weight excluding hydrogens is 474 g/mol. The Balaban J connectivity index is 1.44. The minimum atomic E-state index is -4.02. The van der Waals surface area contributed by atoms with Crippen molar-refractivity contribution in [2.24, 2.45) is 0 Å². The molecule has 0 saturated heterocycles. The van der Waals surface area contributed by atoms with Gasteiger partial charge in [-0.3, -0.25) is 4.79 Å². The van der Waals surface area contributed by atoms with E-state index >= 15 is 0 Å². The van der Waals surface area contributed by atoms with E-state index in [4.69, 9.17) is 11.6 Å². The van der Waals surface area contributed by atoms with Gasteiger partial charge in [-0.1, -0.05) is 49.1 Å². The van der Waals surface area contributed by atoms with Crippen LogP contribution in [0.25, 0.3) is 0 Å². The minimum absolute atomic E-state index is 0.00897. The quantitative estimate of drug-likeness (QED) is 0.634. The van der Waals surface area contributed by atoms with Gasteiger partial charge in [-0.25, -0.2) is 17.9 Å². The molecule has 34 heavy (non-hydrogen) atoms. The summed E-state index contributed by atoms with van der Waals surface area (Å²) >= 11 is 5.96. The topological polar surface area (TPSA) is 95.6 Å². The lowest BCUT2D eigenvalue weighted by atomic mass is 9.96. The first kappa shape index (κ1) is 24.5. The average Bonchev–Trinajstić information content (AvgIpc) is 2.83. The lowest BCUT2D eigenvalue weighted by Crippen LogP contribution is -2.45. The fourth-order valence-corrected chi connectivity index (χ4v) is 5.79. The molecule has 182 valence electrons. The highest BCUT2D eigenvalue weighted by atomic mass is 35.5. The van der Waals surface area contributed by atoms with Gasteiger partial charge >= 0.3 is 6.03 Å². The second kappa shape index (κ2) is 10.4. The molecule has 1 aliphatic heterocycles. The number of nitrogens with zero attached hydrogens (tertiary/aromatic N) is 1. The number of rotatable bonds is 5. The molecule has 1 saturated carbocycles. The molecule has 1 atom stereocenters. The Kier molecular flexibility index (Phi) is 7.48. The summed E-state index contributed by atoms with van der Waals surface area (Å²) < 4.78 is 27.8. The fraction of sp³-hybridized carbons (Fsp3) is 0.440. The van der Waals surface area contributed by atoms with Crippen LogP contribution in [0.4, 0.5) is 4.79 Å². The maximum Gasteiger partial charge on any atom is 0.328 e. The summed E-state index contributed by atoms with van der Waals surface area (Å²) in [7, 11) is -4.02. The summed E-state index contributed by atoms with van der Waals surface area (Å²) in [5.41, 5.74) is 2.66. The molecule has 1 unspecified atom stereocenters. The Morgan fingerprint density at radius 1 is 1.03 bits per heavy atom. The van der Waals surface area contributed by atoms with Crippen LogP contribution >= 0.6 is 11.6 Å². The number of carbonyl (C=O) groups excluding carboxylic acids is 2. The number of benzene rings is 2. The number of urea groups is 1. The average molecular weight is 504 g/mol. The molecule has 9 heteroatoms. The number of hydrogen-bond acceptors (Lipinski definition) is 4. The molecule has 2 aromatic rings. The van der Waals surface area contributed by atoms with Crippen molar-refractivity contribution in [2.45, 2.75) is 68.8 Å². The molecule has 0 spiro atoms. The summed E-state index contributed by atoms with van der Waals surface area (Å²) in [6.07, 6.45) is 5.59. The van der Waals surface area contributed by atoms with Gasteiger partial charge in [0, 0.05) is 24.2 Å². The van der Waals surface area contributed by atoms with Crippen molar-refractivity contribution in [1.29, 1.82) is 0 Å². The van der Waals surface area contributed by atoms with Crippen molar-refractivity contribution < 1.29 is 18.0 Å². The highest BCUT2D eigenvalue weighted by Gasteiger charge is 2.27. The van der Waals surface area contributed by atoms with Crippen molar-refractivity contribution in [3.05, 3.63) is 64.2 Å². The van der Waals surface area contributed by atoms with Gasteiger partial charge in [-0.2, -0.15) is 0 Å². The molecular formula is C25H30ClN3O4S. The number of hydrogen-bond donors (Lipinski definition) is 2. The van der Waals surface area contributed by atoms with Gasteiger partial charge in [-0.05, 0) is 67.1 Å². The van der Waals surface area contributed by atoms with E-state index in [0.717, 1.165) is 48.8 Å². The fourth-order valence-electron chi connectivity index (χ4n) is 4.70. The van der Waals surface area contributed by atoms with E-state index in [-0.39, 0.29) is 22.8 Å². The van der Waals surface area contributed by atoms with E-state index in [1.165, 1.54) is 6.07 Å². The van der Waals surface area contributed by atoms with Crippen LogP contribution in [0.5, 0.6) is 0 Å². The number of halogens is 1. The van der Waals surface area contributed by atoms with Crippen molar-refractivity contribution in [3.8, 4) is 0 Å². The molecule has 7 nitrogen and oxygen atoms in total. The first-order valence-corrected chi connectivity index (χ1v) is 13.6. The third-order valence-electron chi connectivity index (χ3n) is 6.72. The van der Waals surface area contributed by atoms with Crippen molar-refractivity contribution >= 4 is 33.6 Å². The lowest BCUT2D eigenvalue weighted by Gasteiger charge is -2.31. The van der Waals surface area contributed by atoms with E-state index in [9.17, 15) is 18.0 Å². The number of sulfonamides is 1. The van der Waals surface area contributed by atoms with E-state index < -0.39 is 16.1 Å². The molecule has 1 heterocycles. The summed E-state index contributed by atoms with van der Waals surface area (Å²) in [5, 5.41) is 3.39. The Labute approximate surface area is 205 Å². The van der Waals surface area contributed by atoms with E-state index in [1.54, 1.807) is 29.2 Å². The van der Waals surface area contributed by atoms with Gasteiger partial charge in [-0.15, -0.1) is 0 Å². The van der Waals surface area contributed by atoms with Gasteiger partial charge in [0.1, 0.15) is 0 Å². The van der Waals surface area contributed by atoms with Gasteiger partial charge in [0.25, 0.3) is 10.0 Å². The van der Waals surface area contributed by atoms with Gasteiger partial charge < -0.3 is 10.2 Å². The first-order valence-electron chi connectivity index (χ1n) is 11.7. The molecule has 2 aromatic carbocycles. The second-order valence-electron chi connectivity index (χ2n) is 9.13. The van der Waals surface area contributed by atoms with Gasteiger partial charge in [0.2, 0.25) is 5.91 Å². The molecule has 1 aliphatic carbocycles. The predicted molar refractivity (Wildman–Crippen MR) is 131 cm³/mol. The lowest BCUT2D eigenvalue weighted by molar-refractivity contribution is -0.133. The van der Waals surface area contributed by atoms with Crippen molar-refractivity contribution in [1.82, 2.24) is 14.9 Å². The zero-order valence-electron chi connectivity index (χ0n) is 19.2. The van der Waals surface area contributed by atoms with Crippen LogP contribution in [0.1, 0.15) is 61.6 Å². The van der Waals surface area contributed by atoms with Crippen LogP contribution in [0.3, 0.4) is 0 Å². The largest absolute Gasteiger partial charge is 0.338 e. The van der Waals surface area contributed by atoms with Crippen LogP contribution in [-0.2, 0) is 27.8 Å². The molecule has 2 N–H and O–H groups in total. The Morgan fingerprint density at radius 3 is 2.44 bits per heavy atom. The van der Waals surface area contributed by atoms with Gasteiger partial charge in [0.15, 0.2) is 0 Å². The zero-order chi connectivity index (χ0) is 24.3. The summed E-state index contributed by atoms with van der Waals surface area (Å²) in [5.74, 6) is -0.359. The van der Waals surface area contributed by atoms with Gasteiger partial charge in [0.05, 0.1) is 10.8 Å². The minimum Gasteiger partial charge on any atom is -0.338 e.